The average molecular weight is 357 g/mol. The minimum Gasteiger partial charge on any atom is -0.435 e. The molecule has 0 aromatic heterocycles. The van der Waals surface area contributed by atoms with E-state index in [1.54, 1.807) is 24.3 Å². The lowest BCUT2D eigenvalue weighted by Crippen LogP contribution is -2.34. The number of halogens is 2. The van der Waals surface area contributed by atoms with Gasteiger partial charge < -0.3 is 15.4 Å². The van der Waals surface area contributed by atoms with E-state index in [0.29, 0.717) is 18.4 Å². The molecule has 1 atom stereocenters. The van der Waals surface area contributed by atoms with Crippen LogP contribution >= 0.6 is 0 Å². The Morgan fingerprint density at radius 1 is 1.15 bits per heavy atom. The van der Waals surface area contributed by atoms with Gasteiger partial charge in [-0.1, -0.05) is 36.4 Å². The fourth-order valence-corrected chi connectivity index (χ4v) is 3.60. The van der Waals surface area contributed by atoms with Crippen LogP contribution in [0.3, 0.4) is 0 Å². The maximum Gasteiger partial charge on any atom is 0.387 e. The first-order valence-corrected chi connectivity index (χ1v) is 8.70. The molecular weight excluding hydrogens is 336 g/mol. The monoisotopic (exact) mass is 357 g/mol. The van der Waals surface area contributed by atoms with E-state index in [1.807, 2.05) is 11.9 Å². The summed E-state index contributed by atoms with van der Waals surface area (Å²) in [6.07, 6.45) is 2.45. The normalized spacial score (nSPS) is 22.6. The lowest BCUT2D eigenvalue weighted by molar-refractivity contribution is -0.0498. The summed E-state index contributed by atoms with van der Waals surface area (Å²) >= 11 is 0. The molecule has 0 spiro atoms. The molecule has 6 heteroatoms. The first kappa shape index (κ1) is 16.8. The molecule has 2 aromatic carbocycles. The van der Waals surface area contributed by atoms with Crippen LogP contribution in [0.2, 0.25) is 0 Å². The number of rotatable bonds is 5. The van der Waals surface area contributed by atoms with Crippen molar-refractivity contribution in [1.29, 1.82) is 0 Å². The van der Waals surface area contributed by atoms with E-state index in [0.717, 1.165) is 11.1 Å². The third-order valence-electron chi connectivity index (χ3n) is 5.13. The summed E-state index contributed by atoms with van der Waals surface area (Å²) in [6.45, 7) is -2.24. The number of hydrogen-bond donors (Lipinski definition) is 1. The van der Waals surface area contributed by atoms with Crippen molar-refractivity contribution in [2.45, 2.75) is 30.9 Å². The summed E-state index contributed by atoms with van der Waals surface area (Å²) in [6, 6.07) is 15.2. The van der Waals surface area contributed by atoms with Gasteiger partial charge >= 0.3 is 6.61 Å². The lowest BCUT2D eigenvalue weighted by atomic mass is 9.82. The number of alkyl halides is 2. The van der Waals surface area contributed by atoms with Crippen molar-refractivity contribution < 1.29 is 13.5 Å². The third kappa shape index (κ3) is 3.00. The van der Waals surface area contributed by atoms with Crippen molar-refractivity contribution in [2.75, 3.05) is 13.6 Å². The first-order chi connectivity index (χ1) is 12.5. The summed E-state index contributed by atoms with van der Waals surface area (Å²) in [7, 11) is 1.90. The number of guanidine groups is 1. The minimum absolute atomic E-state index is 0.133. The summed E-state index contributed by atoms with van der Waals surface area (Å²) in [5, 5.41) is 0. The van der Waals surface area contributed by atoms with Gasteiger partial charge in [-0.2, -0.15) is 8.78 Å². The number of ether oxygens (including phenoxy) is 1. The van der Waals surface area contributed by atoms with Crippen molar-refractivity contribution in [2.24, 2.45) is 10.7 Å². The zero-order valence-corrected chi connectivity index (χ0v) is 14.5. The van der Waals surface area contributed by atoms with Crippen LogP contribution in [0.15, 0.2) is 53.5 Å². The highest BCUT2D eigenvalue weighted by Gasteiger charge is 2.41. The Morgan fingerprint density at radius 3 is 2.46 bits per heavy atom. The average Bonchev–Trinajstić information content (AvgIpc) is 3.42. The Balaban J connectivity index is 1.76. The van der Waals surface area contributed by atoms with Gasteiger partial charge in [0.15, 0.2) is 5.96 Å². The molecule has 1 aliphatic carbocycles. The topological polar surface area (TPSA) is 50.8 Å². The molecule has 0 amide bonds. The smallest absolute Gasteiger partial charge is 0.387 e. The minimum atomic E-state index is -2.84. The molecule has 0 bridgehead atoms. The van der Waals surface area contributed by atoms with E-state index in [4.69, 9.17) is 10.7 Å². The SMILES string of the molecule is CN1CC(c2ccc(OC(F)F)cc2)(c2cccc(C3CC3)c2)N=C1N. The van der Waals surface area contributed by atoms with Crippen LogP contribution in [0.25, 0.3) is 0 Å². The molecule has 2 aliphatic rings. The van der Waals surface area contributed by atoms with E-state index in [2.05, 4.69) is 29.0 Å². The predicted molar refractivity (Wildman–Crippen MR) is 96.5 cm³/mol. The molecule has 1 saturated carbocycles. The summed E-state index contributed by atoms with van der Waals surface area (Å²) in [4.78, 5) is 6.69. The van der Waals surface area contributed by atoms with Gasteiger partial charge in [-0.05, 0) is 47.6 Å². The molecule has 0 radical (unpaired) electrons. The van der Waals surface area contributed by atoms with E-state index in [9.17, 15) is 8.78 Å². The first-order valence-electron chi connectivity index (χ1n) is 8.70. The zero-order valence-electron chi connectivity index (χ0n) is 14.5. The number of nitrogens with two attached hydrogens (primary N) is 1. The summed E-state index contributed by atoms with van der Waals surface area (Å²) < 4.78 is 29.3. The maximum absolute atomic E-state index is 12.4. The van der Waals surface area contributed by atoms with Crippen LogP contribution in [0.1, 0.15) is 35.4 Å². The van der Waals surface area contributed by atoms with Crippen molar-refractivity contribution >= 4 is 5.96 Å². The van der Waals surface area contributed by atoms with Crippen molar-refractivity contribution in [3.05, 3.63) is 65.2 Å². The Hall–Kier alpha value is -2.63. The molecule has 26 heavy (non-hydrogen) atoms. The Bertz CT molecular complexity index is 833. The second kappa shape index (κ2) is 6.27. The van der Waals surface area contributed by atoms with E-state index in [-0.39, 0.29) is 5.75 Å². The number of likely N-dealkylation sites (N-methyl/N-ethyl adjacent to an activating group) is 1. The lowest BCUT2D eigenvalue weighted by Gasteiger charge is -2.28. The highest BCUT2D eigenvalue weighted by atomic mass is 19.3. The van der Waals surface area contributed by atoms with Gasteiger partial charge in [0.2, 0.25) is 0 Å². The van der Waals surface area contributed by atoms with Gasteiger partial charge in [0.1, 0.15) is 11.3 Å². The largest absolute Gasteiger partial charge is 0.435 e. The van der Waals surface area contributed by atoms with E-state index in [1.165, 1.54) is 18.4 Å². The fourth-order valence-electron chi connectivity index (χ4n) is 3.60. The summed E-state index contributed by atoms with van der Waals surface area (Å²) in [5.74, 6) is 1.23. The number of nitrogens with zero attached hydrogens (tertiary/aromatic N) is 2. The molecule has 1 unspecified atom stereocenters. The van der Waals surface area contributed by atoms with Crippen LogP contribution in [-0.2, 0) is 5.54 Å². The van der Waals surface area contributed by atoms with Crippen LogP contribution in [0.5, 0.6) is 5.75 Å². The van der Waals surface area contributed by atoms with Crippen LogP contribution < -0.4 is 10.5 Å². The van der Waals surface area contributed by atoms with Gasteiger partial charge in [0.25, 0.3) is 0 Å². The molecule has 4 rings (SSSR count). The number of hydrogen-bond acceptors (Lipinski definition) is 4. The van der Waals surface area contributed by atoms with Gasteiger partial charge in [0.05, 0.1) is 6.54 Å². The van der Waals surface area contributed by atoms with E-state index < -0.39 is 12.2 Å². The zero-order chi connectivity index (χ0) is 18.3. The van der Waals surface area contributed by atoms with Gasteiger partial charge in [-0.15, -0.1) is 0 Å². The van der Waals surface area contributed by atoms with Crippen molar-refractivity contribution in [1.82, 2.24) is 4.90 Å². The highest BCUT2D eigenvalue weighted by molar-refractivity contribution is 5.81. The van der Waals surface area contributed by atoms with Crippen LogP contribution in [0, 0.1) is 0 Å². The fraction of sp³-hybridized carbons (Fsp3) is 0.350. The molecule has 136 valence electrons. The third-order valence-corrected chi connectivity index (χ3v) is 5.13. The Labute approximate surface area is 151 Å². The van der Waals surface area contributed by atoms with Gasteiger partial charge in [0, 0.05) is 7.05 Å². The predicted octanol–water partition coefficient (Wildman–Crippen LogP) is 3.67. The second-order valence-electron chi connectivity index (χ2n) is 6.99. The summed E-state index contributed by atoms with van der Waals surface area (Å²) in [5.41, 5.74) is 8.73. The number of aliphatic imine (C=N–C) groups is 1. The molecule has 1 heterocycles. The highest BCUT2D eigenvalue weighted by Crippen LogP contribution is 2.44. The quantitative estimate of drug-likeness (QED) is 0.888. The molecule has 2 aromatic rings. The molecule has 4 nitrogen and oxygen atoms in total. The van der Waals surface area contributed by atoms with Crippen molar-refractivity contribution in [3.8, 4) is 5.75 Å². The maximum atomic E-state index is 12.4. The van der Waals surface area contributed by atoms with Gasteiger partial charge in [-0.3, -0.25) is 0 Å². The molecule has 1 fully saturated rings. The molecule has 0 saturated heterocycles. The number of benzene rings is 2. The Kier molecular flexibility index (Phi) is 4.05. The van der Waals surface area contributed by atoms with Crippen molar-refractivity contribution in [3.63, 3.8) is 0 Å². The van der Waals surface area contributed by atoms with E-state index >= 15 is 0 Å². The molecule has 2 N–H and O–H groups in total. The second-order valence-corrected chi connectivity index (χ2v) is 6.99. The Morgan fingerprint density at radius 2 is 1.88 bits per heavy atom. The molecule has 1 aliphatic heterocycles. The van der Waals surface area contributed by atoms with Crippen LogP contribution in [0.4, 0.5) is 8.78 Å². The molecular formula is C20H21F2N3O. The van der Waals surface area contributed by atoms with Gasteiger partial charge in [-0.25, -0.2) is 4.99 Å². The standard InChI is InChI=1S/C20H21F2N3O/c1-25-12-20(24-19(25)23,15-7-9-17(10-8-15)26-18(21)22)16-4-2-3-14(11-16)13-5-6-13/h2-4,7-11,13,18H,5-6,12H2,1H3,(H2,23,24). The van der Waals surface area contributed by atoms with Crippen LogP contribution in [-0.4, -0.2) is 31.1 Å².